The van der Waals surface area contributed by atoms with E-state index >= 15 is 0 Å². The molecule has 260 valence electrons. The number of allylic oxidation sites excluding steroid dienone is 1. The van der Waals surface area contributed by atoms with Crippen LogP contribution >= 0.6 is 0 Å². The molecule has 0 spiro atoms. The van der Waals surface area contributed by atoms with Gasteiger partial charge in [-0.1, -0.05) is 37.1 Å². The number of halogens is 1. The summed E-state index contributed by atoms with van der Waals surface area (Å²) in [4.78, 5) is 58.0. The fourth-order valence-corrected chi connectivity index (χ4v) is 8.62. The van der Waals surface area contributed by atoms with E-state index in [0.717, 1.165) is 38.5 Å². The number of carbonyl (C=O) groups is 4. The Morgan fingerprint density at radius 3 is 2.62 bits per heavy atom. The highest BCUT2D eigenvalue weighted by Gasteiger charge is 2.62. The summed E-state index contributed by atoms with van der Waals surface area (Å²) in [6, 6.07) is 3.13. The van der Waals surface area contributed by atoms with Crippen LogP contribution in [-0.4, -0.2) is 84.1 Å². The number of fused-ring (bicyclic) bond motifs is 3. The number of amides is 4. The minimum Gasteiger partial charge on any atom is -0.444 e. The third-order valence-corrected chi connectivity index (χ3v) is 12.5. The van der Waals surface area contributed by atoms with E-state index in [9.17, 15) is 32.0 Å². The van der Waals surface area contributed by atoms with Crippen molar-refractivity contribution in [2.75, 3.05) is 13.1 Å². The monoisotopic (exact) mass is 685 g/mol. The zero-order valence-corrected chi connectivity index (χ0v) is 27.8. The van der Waals surface area contributed by atoms with Gasteiger partial charge in [0.2, 0.25) is 21.8 Å². The van der Waals surface area contributed by atoms with Gasteiger partial charge in [-0.3, -0.25) is 24.0 Å². The second-order valence-electron chi connectivity index (χ2n) is 14.4. The topological polar surface area (TPSA) is 154 Å². The SMILES string of the molecule is O=C1N[C@]2(C(=O)NS(=O)(=O)C3CC3)C[C@@H]2/C=C\CCCCC[C@H](NCC2CC2)C(=O)N2C[C@H](OC(=O)N3Cc4cccc(F)c4C3)C[C@@H]12. The molecule has 0 radical (unpaired) electrons. The van der Waals surface area contributed by atoms with E-state index in [-0.39, 0.29) is 38.4 Å². The van der Waals surface area contributed by atoms with Crippen molar-refractivity contribution in [2.24, 2.45) is 11.8 Å². The number of nitrogens with one attached hydrogen (secondary N) is 3. The van der Waals surface area contributed by atoms with E-state index in [4.69, 9.17) is 4.74 Å². The van der Waals surface area contributed by atoms with Gasteiger partial charge in [0, 0.05) is 24.4 Å². The number of rotatable bonds is 7. The quantitative estimate of drug-likeness (QED) is 0.371. The van der Waals surface area contributed by atoms with Crippen molar-refractivity contribution in [1.82, 2.24) is 25.2 Å². The summed E-state index contributed by atoms with van der Waals surface area (Å²) in [5, 5.41) is 5.68. The fourth-order valence-electron chi connectivity index (χ4n) is 7.26. The standard InChI is InChI=1S/C34H44FN5O7S/c35-27-9-6-7-22-18-39(20-26(22)27)33(44)47-24-15-29-30(41)37-34(32(43)38-48(45,46)25-13-14-25)16-23(34)8-4-2-1-3-5-10-28(31(42)40(29)19-24)36-17-21-11-12-21/h4,6-9,21,23-25,28-29,36H,1-3,5,10-20H2,(H,37,41)(H,38,43)/b8-4-/t23-,24+,28-,29-,34+/m0/s1. The van der Waals surface area contributed by atoms with Gasteiger partial charge < -0.3 is 20.3 Å². The normalized spacial score (nSPS) is 31.4. The van der Waals surface area contributed by atoms with Crippen molar-refractivity contribution in [1.29, 1.82) is 0 Å². The van der Waals surface area contributed by atoms with Gasteiger partial charge in [-0.15, -0.1) is 0 Å². The van der Waals surface area contributed by atoms with Gasteiger partial charge in [0.05, 0.1) is 24.4 Å². The van der Waals surface area contributed by atoms with E-state index < -0.39 is 68.6 Å². The molecule has 0 bridgehead atoms. The number of hydrogen-bond donors (Lipinski definition) is 3. The van der Waals surface area contributed by atoms with Gasteiger partial charge in [0.15, 0.2) is 0 Å². The lowest BCUT2D eigenvalue weighted by Crippen LogP contribution is -2.58. The third-order valence-electron chi connectivity index (χ3n) is 10.6. The highest BCUT2D eigenvalue weighted by molar-refractivity contribution is 7.91. The molecule has 12 nitrogen and oxygen atoms in total. The van der Waals surface area contributed by atoms with Crippen LogP contribution in [0, 0.1) is 17.7 Å². The van der Waals surface area contributed by atoms with Crippen LogP contribution in [0.2, 0.25) is 0 Å². The molecule has 1 aromatic rings. The molecular weight excluding hydrogens is 641 g/mol. The molecule has 14 heteroatoms. The average Bonchev–Trinajstić information content (AvgIpc) is 3.99. The van der Waals surface area contributed by atoms with Gasteiger partial charge >= 0.3 is 6.09 Å². The van der Waals surface area contributed by atoms with Crippen LogP contribution in [0.5, 0.6) is 0 Å². The molecule has 3 aliphatic heterocycles. The molecule has 0 aromatic heterocycles. The molecule has 4 fully saturated rings. The van der Waals surface area contributed by atoms with E-state index in [1.54, 1.807) is 12.1 Å². The molecule has 48 heavy (non-hydrogen) atoms. The van der Waals surface area contributed by atoms with E-state index in [0.29, 0.717) is 42.9 Å². The summed E-state index contributed by atoms with van der Waals surface area (Å²) in [5.74, 6) is -1.89. The summed E-state index contributed by atoms with van der Waals surface area (Å²) in [7, 11) is -3.86. The molecule has 6 aliphatic rings. The van der Waals surface area contributed by atoms with E-state index in [1.807, 2.05) is 12.2 Å². The van der Waals surface area contributed by atoms with Gasteiger partial charge in [0.1, 0.15) is 23.5 Å². The maximum atomic E-state index is 14.4. The Morgan fingerprint density at radius 2 is 1.88 bits per heavy atom. The molecule has 4 amide bonds. The fraction of sp³-hybridized carbons (Fsp3) is 0.647. The molecule has 1 saturated heterocycles. The van der Waals surface area contributed by atoms with Crippen LogP contribution in [-0.2, 0) is 42.2 Å². The molecule has 3 heterocycles. The Balaban J connectivity index is 1.11. The Kier molecular flexibility index (Phi) is 8.99. The number of nitrogens with zero attached hydrogens (tertiary/aromatic N) is 2. The van der Waals surface area contributed by atoms with Gasteiger partial charge in [0.25, 0.3) is 5.91 Å². The Bertz CT molecular complexity index is 1610. The molecule has 1 aromatic carbocycles. The van der Waals surface area contributed by atoms with Crippen LogP contribution < -0.4 is 15.4 Å². The minimum absolute atomic E-state index is 0.00633. The van der Waals surface area contributed by atoms with Crippen LogP contribution in [0.1, 0.15) is 81.8 Å². The van der Waals surface area contributed by atoms with E-state index in [1.165, 1.54) is 15.9 Å². The summed E-state index contributed by atoms with van der Waals surface area (Å²) in [6.07, 6.45) is 9.77. The van der Waals surface area contributed by atoms with Crippen molar-refractivity contribution in [2.45, 2.75) is 113 Å². The first-order chi connectivity index (χ1) is 23.0. The Morgan fingerprint density at radius 1 is 1.06 bits per heavy atom. The van der Waals surface area contributed by atoms with Crippen molar-refractivity contribution in [3.63, 3.8) is 0 Å². The molecule has 3 N–H and O–H groups in total. The first kappa shape index (κ1) is 33.0. The lowest BCUT2D eigenvalue weighted by molar-refractivity contribution is -0.141. The first-order valence-corrected chi connectivity index (χ1v) is 18.9. The molecule has 3 saturated carbocycles. The molecule has 3 aliphatic carbocycles. The summed E-state index contributed by atoms with van der Waals surface area (Å²) >= 11 is 0. The van der Waals surface area contributed by atoms with Gasteiger partial charge in [-0.2, -0.15) is 0 Å². The van der Waals surface area contributed by atoms with Gasteiger partial charge in [-0.25, -0.2) is 17.6 Å². The van der Waals surface area contributed by atoms with Crippen molar-refractivity contribution in [3.8, 4) is 0 Å². The first-order valence-electron chi connectivity index (χ1n) is 17.3. The zero-order valence-electron chi connectivity index (χ0n) is 27.0. The lowest BCUT2D eigenvalue weighted by Gasteiger charge is -2.30. The highest BCUT2D eigenvalue weighted by Crippen LogP contribution is 2.46. The second kappa shape index (κ2) is 13.1. The molecular formula is C34H44FN5O7S. The van der Waals surface area contributed by atoms with Crippen LogP contribution in [0.3, 0.4) is 0 Å². The van der Waals surface area contributed by atoms with E-state index in [2.05, 4.69) is 15.4 Å². The molecule has 7 rings (SSSR count). The zero-order chi connectivity index (χ0) is 33.6. The number of ether oxygens (including phenoxy) is 1. The van der Waals surface area contributed by atoms with Crippen LogP contribution in [0.4, 0.5) is 9.18 Å². The maximum absolute atomic E-state index is 14.4. The maximum Gasteiger partial charge on any atom is 0.410 e. The summed E-state index contributed by atoms with van der Waals surface area (Å²) in [6.45, 7) is 0.936. The minimum atomic E-state index is -3.86. The molecule has 5 atom stereocenters. The predicted octanol–water partition coefficient (Wildman–Crippen LogP) is 2.62. The number of benzene rings is 1. The van der Waals surface area contributed by atoms with Gasteiger partial charge in [-0.05, 0) is 75.5 Å². The summed E-state index contributed by atoms with van der Waals surface area (Å²) < 4.78 is 47.9. The predicted molar refractivity (Wildman–Crippen MR) is 172 cm³/mol. The van der Waals surface area contributed by atoms with Crippen molar-refractivity contribution < 1.29 is 36.7 Å². The second-order valence-corrected chi connectivity index (χ2v) is 16.4. The average molecular weight is 686 g/mol. The van der Waals surface area contributed by atoms with Crippen LogP contribution in [0.15, 0.2) is 30.4 Å². The number of carbonyl (C=O) groups excluding carboxylic acids is 4. The summed E-state index contributed by atoms with van der Waals surface area (Å²) in [5.41, 5.74) is -0.327. The lowest BCUT2D eigenvalue weighted by atomic mass is 10.0. The van der Waals surface area contributed by atoms with Crippen molar-refractivity contribution in [3.05, 3.63) is 47.3 Å². The Hall–Kier alpha value is -3.52. The van der Waals surface area contributed by atoms with Crippen molar-refractivity contribution >= 4 is 33.8 Å². The number of hydrogen-bond acceptors (Lipinski definition) is 8. The smallest absolute Gasteiger partial charge is 0.410 e. The number of sulfonamides is 1. The van der Waals surface area contributed by atoms with Crippen LogP contribution in [0.25, 0.3) is 0 Å². The highest BCUT2D eigenvalue weighted by atomic mass is 32.2. The molecule has 0 unspecified atom stereocenters. The third kappa shape index (κ3) is 6.96. The largest absolute Gasteiger partial charge is 0.444 e. The Labute approximate surface area is 280 Å².